The van der Waals surface area contributed by atoms with Crippen molar-refractivity contribution in [2.75, 3.05) is 32.8 Å². The quantitative estimate of drug-likeness (QED) is 0.0198. The van der Waals surface area contributed by atoms with Crippen LogP contribution in [0.5, 0.6) is 0 Å². The molecular weight excluding hydrogens is 788 g/mol. The Morgan fingerprint density at radius 2 is 1.18 bits per heavy atom. The van der Waals surface area contributed by atoms with Gasteiger partial charge < -0.3 is 81.2 Å². The number of hydrogen-bond donors (Lipinski definition) is 14. The number of carboxylic acid groups (broad SMARTS) is 1. The summed E-state index contributed by atoms with van der Waals surface area (Å²) in [4.78, 5) is 102. The van der Waals surface area contributed by atoms with Crippen molar-refractivity contribution in [2.45, 2.75) is 133 Å². The van der Waals surface area contributed by atoms with E-state index in [0.717, 1.165) is 4.90 Å². The number of carbonyl (C=O) groups is 7. The van der Waals surface area contributed by atoms with Gasteiger partial charge >= 0.3 is 5.97 Å². The Morgan fingerprint density at radius 3 is 1.63 bits per heavy atom. The molecule has 0 aliphatic carbocycles. The van der Waals surface area contributed by atoms with E-state index in [1.807, 2.05) is 0 Å². The third kappa shape index (κ3) is 18.3. The van der Waals surface area contributed by atoms with Crippen molar-refractivity contribution in [1.82, 2.24) is 31.5 Å². The van der Waals surface area contributed by atoms with Crippen molar-refractivity contribution in [3.05, 3.63) is 0 Å². The minimum Gasteiger partial charge on any atom is -0.480 e. The summed E-state index contributed by atoms with van der Waals surface area (Å²) in [5.41, 5.74) is 33.2. The third-order valence-electron chi connectivity index (χ3n) is 9.97. The highest BCUT2D eigenvalue weighted by Crippen LogP contribution is 2.19. The molecule has 0 aromatic carbocycles. The van der Waals surface area contributed by atoms with Gasteiger partial charge in [0.05, 0.1) is 12.7 Å². The molecule has 20 N–H and O–H groups in total. The Bertz CT molecular complexity index is 1490. The fourth-order valence-electron chi connectivity index (χ4n) is 6.23. The lowest BCUT2D eigenvalue weighted by molar-refractivity contribution is -0.150. The second kappa shape index (κ2) is 27.4. The number of carbonyl (C=O) groups excluding carboxylic acids is 6. The third-order valence-corrected chi connectivity index (χ3v) is 9.97. The van der Waals surface area contributed by atoms with Crippen LogP contribution < -0.4 is 61.0 Å². The van der Waals surface area contributed by atoms with Crippen LogP contribution in [0.1, 0.15) is 85.0 Å². The summed E-state index contributed by atoms with van der Waals surface area (Å²) in [5, 5.41) is 42.4. The molecule has 0 aromatic rings. The van der Waals surface area contributed by atoms with Crippen LogP contribution in [0.15, 0.2) is 9.98 Å². The molecular formula is C36H68N14O10. The summed E-state index contributed by atoms with van der Waals surface area (Å²) < 4.78 is 0. The summed E-state index contributed by atoms with van der Waals surface area (Å²) in [7, 11) is 0. The Hall–Kier alpha value is -5.33. The summed E-state index contributed by atoms with van der Waals surface area (Å²) in [5.74, 6) is -7.02. The van der Waals surface area contributed by atoms with Gasteiger partial charge in [-0.2, -0.15) is 0 Å². The first kappa shape index (κ1) is 52.7. The maximum absolute atomic E-state index is 14.0. The molecule has 9 atom stereocenters. The Labute approximate surface area is 349 Å². The van der Waals surface area contributed by atoms with Crippen LogP contribution in [-0.4, -0.2) is 155 Å². The van der Waals surface area contributed by atoms with Crippen LogP contribution in [-0.2, 0) is 33.6 Å². The van der Waals surface area contributed by atoms with Crippen LogP contribution in [0.25, 0.3) is 0 Å². The lowest BCUT2D eigenvalue weighted by Crippen LogP contribution is -2.61. The molecule has 0 spiro atoms. The average molecular weight is 857 g/mol. The van der Waals surface area contributed by atoms with Crippen LogP contribution in [0.4, 0.5) is 0 Å². The molecule has 1 heterocycles. The molecule has 0 radical (unpaired) electrons. The molecule has 0 bridgehead atoms. The number of carboxylic acids is 1. The molecule has 24 nitrogen and oxygen atoms in total. The van der Waals surface area contributed by atoms with Crippen LogP contribution >= 0.6 is 0 Å². The zero-order chi connectivity index (χ0) is 45.5. The first-order valence-electron chi connectivity index (χ1n) is 20.2. The van der Waals surface area contributed by atoms with Crippen LogP contribution in [0, 0.1) is 5.92 Å². The summed E-state index contributed by atoms with van der Waals surface area (Å²) in [6.07, 6.45) is 1.05. The van der Waals surface area contributed by atoms with Crippen molar-refractivity contribution in [2.24, 2.45) is 50.3 Å². The fourth-order valence-corrected chi connectivity index (χ4v) is 6.23. The molecule has 1 fully saturated rings. The number of hydrogen-bond acceptors (Lipinski definition) is 13. The van der Waals surface area contributed by atoms with Gasteiger partial charge in [-0.1, -0.05) is 20.3 Å². The van der Waals surface area contributed by atoms with Gasteiger partial charge in [0.2, 0.25) is 35.4 Å². The lowest BCUT2D eigenvalue weighted by atomic mass is 9.96. The van der Waals surface area contributed by atoms with Crippen molar-refractivity contribution >= 4 is 53.3 Å². The standard InChI is InChI=1S/C36H68N14O10/c1-4-19(2)27(49-30(55)21(10-5-6-14-37)46-31(56)26(38)20(3)52)32(57)47-23(12-8-16-44-36(41)42)28(53)45-22(11-7-15-43-35(39)40)29(54)48-24(18-51)33(58)50-17-9-13-25(50)34(59)60/h19-27,51-52H,4-18,37-38H2,1-3H3,(H,45,53)(H,46,56)(H,47,57)(H,48,54)(H,49,55)(H,59,60)(H4,39,40,43)(H4,41,42,44)/t19-,20+,21-,22-,23-,24-,25-,26-,27-/m0/s1. The minimum atomic E-state index is -1.55. The number of guanidine groups is 2. The van der Waals surface area contributed by atoms with E-state index < -0.39 is 102 Å². The number of aliphatic carboxylic acids is 1. The molecule has 1 rings (SSSR count). The van der Waals surface area contributed by atoms with Crippen molar-refractivity contribution in [3.8, 4) is 0 Å². The number of aliphatic imine (C=N–C) groups is 2. The van der Waals surface area contributed by atoms with Crippen molar-refractivity contribution < 1.29 is 48.9 Å². The number of aliphatic hydroxyl groups is 2. The van der Waals surface area contributed by atoms with E-state index in [4.69, 9.17) is 34.4 Å². The largest absolute Gasteiger partial charge is 0.480 e. The predicted octanol–water partition coefficient (Wildman–Crippen LogP) is -5.53. The van der Waals surface area contributed by atoms with Gasteiger partial charge in [-0.05, 0) is 77.2 Å². The molecule has 1 saturated heterocycles. The number of nitrogens with one attached hydrogen (secondary N) is 5. The van der Waals surface area contributed by atoms with Gasteiger partial charge in [-0.15, -0.1) is 0 Å². The maximum Gasteiger partial charge on any atom is 0.326 e. The topological polar surface area (TPSA) is 424 Å². The number of rotatable bonds is 28. The maximum atomic E-state index is 14.0. The molecule has 0 saturated carbocycles. The number of likely N-dealkylation sites (tertiary alicyclic amines) is 1. The first-order chi connectivity index (χ1) is 28.3. The number of nitrogens with two attached hydrogens (primary N) is 6. The van der Waals surface area contributed by atoms with Crippen molar-refractivity contribution in [3.63, 3.8) is 0 Å². The number of nitrogens with zero attached hydrogens (tertiary/aromatic N) is 3. The van der Waals surface area contributed by atoms with Gasteiger partial charge in [0.25, 0.3) is 0 Å². The summed E-state index contributed by atoms with van der Waals surface area (Å²) in [6, 6.07) is -9.12. The van der Waals surface area contributed by atoms with Crippen LogP contribution in [0.2, 0.25) is 0 Å². The molecule has 342 valence electrons. The van der Waals surface area contributed by atoms with Gasteiger partial charge in [0.1, 0.15) is 42.3 Å². The lowest BCUT2D eigenvalue weighted by Gasteiger charge is -2.30. The first-order valence-corrected chi connectivity index (χ1v) is 20.2. The van der Waals surface area contributed by atoms with E-state index >= 15 is 0 Å². The van der Waals surface area contributed by atoms with E-state index in [1.165, 1.54) is 6.92 Å². The predicted molar refractivity (Wildman–Crippen MR) is 221 cm³/mol. The van der Waals surface area contributed by atoms with Gasteiger partial charge in [-0.3, -0.25) is 38.8 Å². The van der Waals surface area contributed by atoms with E-state index in [1.54, 1.807) is 13.8 Å². The SMILES string of the molecule is CC[C@H](C)[C@H](NC(=O)[C@H](CCCCN)NC(=O)[C@@H](N)[C@@H](C)O)C(=O)N[C@@H](CCCN=C(N)N)C(=O)N[C@@H](CCCN=C(N)N)C(=O)N[C@@H](CO)C(=O)N1CCC[C@H]1C(=O)O. The normalized spacial score (nSPS) is 17.6. The zero-order valence-electron chi connectivity index (χ0n) is 34.8. The number of amides is 6. The van der Waals surface area contributed by atoms with Gasteiger partial charge in [0.15, 0.2) is 11.9 Å². The molecule has 6 amide bonds. The Morgan fingerprint density at radius 1 is 0.717 bits per heavy atom. The summed E-state index contributed by atoms with van der Waals surface area (Å²) in [6.45, 7) is 4.45. The molecule has 0 unspecified atom stereocenters. The zero-order valence-corrected chi connectivity index (χ0v) is 34.8. The average Bonchev–Trinajstić information content (AvgIpc) is 3.70. The van der Waals surface area contributed by atoms with Gasteiger partial charge in [-0.25, -0.2) is 4.79 Å². The smallest absolute Gasteiger partial charge is 0.326 e. The monoisotopic (exact) mass is 857 g/mol. The molecule has 1 aliphatic rings. The summed E-state index contributed by atoms with van der Waals surface area (Å²) >= 11 is 0. The molecule has 0 aromatic heterocycles. The van der Waals surface area contributed by atoms with Crippen molar-refractivity contribution in [1.29, 1.82) is 0 Å². The molecule has 24 heteroatoms. The second-order valence-electron chi connectivity index (χ2n) is 14.8. The van der Waals surface area contributed by atoms with E-state index in [-0.39, 0.29) is 70.1 Å². The molecule has 60 heavy (non-hydrogen) atoms. The van der Waals surface area contributed by atoms with E-state index in [0.29, 0.717) is 32.2 Å². The second-order valence-corrected chi connectivity index (χ2v) is 14.8. The minimum absolute atomic E-state index is 0.0476. The Kier molecular flexibility index (Phi) is 24.1. The Balaban J connectivity index is 3.44. The van der Waals surface area contributed by atoms with Crippen LogP contribution in [0.3, 0.4) is 0 Å². The molecule has 1 aliphatic heterocycles. The fraction of sp³-hybridized carbons (Fsp3) is 0.750. The van der Waals surface area contributed by atoms with Gasteiger partial charge in [0, 0.05) is 19.6 Å². The highest BCUT2D eigenvalue weighted by molar-refractivity contribution is 5.97. The number of unbranched alkanes of at least 4 members (excludes halogenated alkanes) is 1. The number of aliphatic hydroxyl groups excluding tert-OH is 2. The van der Waals surface area contributed by atoms with E-state index in [2.05, 4.69) is 36.6 Å². The highest BCUT2D eigenvalue weighted by atomic mass is 16.4. The highest BCUT2D eigenvalue weighted by Gasteiger charge is 2.39. The van der Waals surface area contributed by atoms with E-state index in [9.17, 15) is 48.9 Å².